The van der Waals surface area contributed by atoms with Gasteiger partial charge in [0.25, 0.3) is 0 Å². The van der Waals surface area contributed by atoms with E-state index in [1.807, 2.05) is 0 Å². The molecule has 0 spiro atoms. The van der Waals surface area contributed by atoms with Crippen molar-refractivity contribution in [1.29, 1.82) is 0 Å². The number of rotatable bonds is 0. The summed E-state index contributed by atoms with van der Waals surface area (Å²) in [6.07, 6.45) is 2.27. The summed E-state index contributed by atoms with van der Waals surface area (Å²) in [6.45, 7) is 2.19. The molecular formula is C10H8I2. The molecule has 2 rings (SSSR count). The SMILES string of the molecule is CC1=Cc2ccccc2C1(I)I. The molecule has 2 heteroatoms. The van der Waals surface area contributed by atoms with Gasteiger partial charge in [-0.15, -0.1) is 0 Å². The van der Waals surface area contributed by atoms with E-state index >= 15 is 0 Å². The summed E-state index contributed by atoms with van der Waals surface area (Å²) in [4.78, 5) is 0. The van der Waals surface area contributed by atoms with E-state index < -0.39 is 0 Å². The van der Waals surface area contributed by atoms with Gasteiger partial charge in [-0.2, -0.15) is 0 Å². The summed E-state index contributed by atoms with van der Waals surface area (Å²) in [5.41, 5.74) is 4.24. The molecule has 0 saturated carbocycles. The summed E-state index contributed by atoms with van der Waals surface area (Å²) < 4.78 is 0.187. The zero-order valence-corrected chi connectivity index (χ0v) is 11.0. The summed E-state index contributed by atoms with van der Waals surface area (Å²) in [7, 11) is 0. The molecule has 1 aromatic carbocycles. The maximum absolute atomic E-state index is 2.50. The van der Waals surface area contributed by atoms with Crippen molar-refractivity contribution in [3.63, 3.8) is 0 Å². The first-order valence-electron chi connectivity index (χ1n) is 3.78. The van der Waals surface area contributed by atoms with Gasteiger partial charge in [0.05, 0.1) is 0 Å². The van der Waals surface area contributed by atoms with Gasteiger partial charge in [-0.25, -0.2) is 0 Å². The van der Waals surface area contributed by atoms with Crippen LogP contribution in [0.25, 0.3) is 6.08 Å². The maximum Gasteiger partial charge on any atom is 0.120 e. The van der Waals surface area contributed by atoms with Gasteiger partial charge in [-0.1, -0.05) is 75.5 Å². The summed E-state index contributed by atoms with van der Waals surface area (Å²) in [5.74, 6) is 0. The standard InChI is InChI=1S/C10H8I2/c1-7-6-8-4-2-3-5-9(8)10(7,11)12/h2-6H,1H3. The Labute approximate surface area is 99.7 Å². The third kappa shape index (κ3) is 1.23. The first kappa shape index (κ1) is 8.99. The van der Waals surface area contributed by atoms with Gasteiger partial charge in [0, 0.05) is 0 Å². The molecule has 0 amide bonds. The molecule has 0 aromatic heterocycles. The van der Waals surface area contributed by atoms with E-state index in [1.54, 1.807) is 0 Å². The van der Waals surface area contributed by atoms with Crippen LogP contribution in [0.3, 0.4) is 0 Å². The summed E-state index contributed by atoms with van der Waals surface area (Å²) in [5, 5.41) is 0. The average Bonchev–Trinajstić information content (AvgIpc) is 2.25. The lowest BCUT2D eigenvalue weighted by Crippen LogP contribution is -2.05. The third-order valence-electron chi connectivity index (χ3n) is 2.17. The van der Waals surface area contributed by atoms with Crippen LogP contribution >= 0.6 is 45.2 Å². The van der Waals surface area contributed by atoms with Crippen molar-refractivity contribution in [2.24, 2.45) is 0 Å². The van der Waals surface area contributed by atoms with Crippen LogP contribution in [0.2, 0.25) is 0 Å². The van der Waals surface area contributed by atoms with Crippen LogP contribution < -0.4 is 0 Å². The molecule has 1 aromatic rings. The van der Waals surface area contributed by atoms with Crippen LogP contribution in [0.4, 0.5) is 0 Å². The second-order valence-electron chi connectivity index (χ2n) is 2.99. The van der Waals surface area contributed by atoms with Crippen LogP contribution in [0, 0.1) is 0 Å². The average molecular weight is 382 g/mol. The van der Waals surface area contributed by atoms with E-state index in [0.717, 1.165) is 0 Å². The highest BCUT2D eigenvalue weighted by Gasteiger charge is 2.33. The van der Waals surface area contributed by atoms with E-state index in [2.05, 4.69) is 82.4 Å². The minimum absolute atomic E-state index is 0.187. The fraction of sp³-hybridized carbons (Fsp3) is 0.200. The lowest BCUT2D eigenvalue weighted by atomic mass is 10.1. The lowest BCUT2D eigenvalue weighted by molar-refractivity contribution is 1.17. The number of allylic oxidation sites excluding steroid dienone is 1. The fourth-order valence-electron chi connectivity index (χ4n) is 1.45. The Morgan fingerprint density at radius 1 is 1.17 bits per heavy atom. The number of benzene rings is 1. The van der Waals surface area contributed by atoms with Crippen molar-refractivity contribution < 1.29 is 0 Å². The topological polar surface area (TPSA) is 0 Å². The van der Waals surface area contributed by atoms with Crippen LogP contribution in [0.5, 0.6) is 0 Å². The molecular weight excluding hydrogens is 374 g/mol. The summed E-state index contributed by atoms with van der Waals surface area (Å²) >= 11 is 5.00. The number of alkyl halides is 2. The summed E-state index contributed by atoms with van der Waals surface area (Å²) in [6, 6.07) is 8.59. The second kappa shape index (κ2) is 2.97. The van der Waals surface area contributed by atoms with Gasteiger partial charge >= 0.3 is 0 Å². The fourth-order valence-corrected chi connectivity index (χ4v) is 2.74. The minimum Gasteiger partial charge on any atom is -0.0619 e. The Bertz CT molecular complexity index is 351. The van der Waals surface area contributed by atoms with E-state index in [-0.39, 0.29) is 1.43 Å². The highest BCUT2D eigenvalue weighted by atomic mass is 127. The molecule has 1 aliphatic rings. The predicted molar refractivity (Wildman–Crippen MR) is 69.8 cm³/mol. The number of hydrogen-bond donors (Lipinski definition) is 0. The molecule has 0 atom stereocenters. The van der Waals surface area contributed by atoms with E-state index in [0.29, 0.717) is 0 Å². The molecule has 12 heavy (non-hydrogen) atoms. The number of fused-ring (bicyclic) bond motifs is 1. The molecule has 0 nitrogen and oxygen atoms in total. The van der Waals surface area contributed by atoms with E-state index in [4.69, 9.17) is 0 Å². The molecule has 0 aliphatic heterocycles. The Kier molecular flexibility index (Phi) is 2.23. The second-order valence-corrected chi connectivity index (χ2v) is 8.29. The molecule has 0 bridgehead atoms. The number of hydrogen-bond acceptors (Lipinski definition) is 0. The highest BCUT2D eigenvalue weighted by Crippen LogP contribution is 2.51. The highest BCUT2D eigenvalue weighted by molar-refractivity contribution is 14.2. The van der Waals surface area contributed by atoms with Crippen molar-refractivity contribution in [2.45, 2.75) is 8.35 Å². The Balaban J connectivity index is 2.66. The normalized spacial score (nSPS) is 18.8. The van der Waals surface area contributed by atoms with Crippen molar-refractivity contribution >= 4 is 51.3 Å². The van der Waals surface area contributed by atoms with Crippen molar-refractivity contribution in [1.82, 2.24) is 0 Å². The smallest absolute Gasteiger partial charge is 0.0619 e. The first-order chi connectivity index (χ1) is 5.62. The molecule has 0 unspecified atom stereocenters. The minimum atomic E-state index is 0.187. The largest absolute Gasteiger partial charge is 0.120 e. The molecule has 0 radical (unpaired) electrons. The van der Waals surface area contributed by atoms with Crippen molar-refractivity contribution in [3.05, 3.63) is 41.0 Å². The van der Waals surface area contributed by atoms with Gasteiger partial charge in [-0.3, -0.25) is 0 Å². The van der Waals surface area contributed by atoms with Crippen LogP contribution in [0.15, 0.2) is 29.8 Å². The maximum atomic E-state index is 2.50. The first-order valence-corrected chi connectivity index (χ1v) is 5.94. The Morgan fingerprint density at radius 3 is 2.50 bits per heavy atom. The van der Waals surface area contributed by atoms with Crippen molar-refractivity contribution in [2.75, 3.05) is 0 Å². The quantitative estimate of drug-likeness (QED) is 0.468. The zero-order valence-electron chi connectivity index (χ0n) is 6.64. The Morgan fingerprint density at radius 2 is 1.83 bits per heavy atom. The van der Waals surface area contributed by atoms with Gasteiger partial charge in [-0.05, 0) is 23.6 Å². The van der Waals surface area contributed by atoms with Gasteiger partial charge < -0.3 is 0 Å². The van der Waals surface area contributed by atoms with E-state index in [1.165, 1.54) is 16.7 Å². The number of halogens is 2. The molecule has 0 N–H and O–H groups in total. The molecule has 1 aliphatic carbocycles. The van der Waals surface area contributed by atoms with E-state index in [9.17, 15) is 0 Å². The monoisotopic (exact) mass is 382 g/mol. The zero-order chi connectivity index (χ0) is 8.77. The van der Waals surface area contributed by atoms with Crippen LogP contribution in [-0.2, 0) is 1.43 Å². The van der Waals surface area contributed by atoms with Gasteiger partial charge in [0.1, 0.15) is 1.43 Å². The van der Waals surface area contributed by atoms with Crippen molar-refractivity contribution in [3.8, 4) is 0 Å². The Hall–Kier alpha value is 0.420. The third-order valence-corrected chi connectivity index (χ3v) is 5.03. The van der Waals surface area contributed by atoms with Gasteiger partial charge in [0.15, 0.2) is 0 Å². The van der Waals surface area contributed by atoms with Crippen LogP contribution in [-0.4, -0.2) is 0 Å². The molecule has 0 fully saturated rings. The van der Waals surface area contributed by atoms with Crippen LogP contribution in [0.1, 0.15) is 18.1 Å². The predicted octanol–water partition coefficient (Wildman–Crippen LogP) is 4.13. The van der Waals surface area contributed by atoms with Gasteiger partial charge in [0.2, 0.25) is 0 Å². The molecule has 0 saturated heterocycles. The lowest BCUT2D eigenvalue weighted by Gasteiger charge is -2.17. The molecule has 62 valence electrons. The molecule has 0 heterocycles.